The molecule has 2 rings (SSSR count). The number of carbonyl (C=O) groups is 2. The van der Waals surface area contributed by atoms with Gasteiger partial charge >= 0.3 is 0 Å². The van der Waals surface area contributed by atoms with Crippen LogP contribution in [0.2, 0.25) is 0 Å². The van der Waals surface area contributed by atoms with Crippen LogP contribution < -0.4 is 10.6 Å². The van der Waals surface area contributed by atoms with Gasteiger partial charge in [0.05, 0.1) is 6.54 Å². The van der Waals surface area contributed by atoms with E-state index in [1.54, 1.807) is 7.05 Å². The summed E-state index contributed by atoms with van der Waals surface area (Å²) < 4.78 is 0. The third kappa shape index (κ3) is 4.86. The molecular formula is C16H23N3O2. The number of hydrogen-bond donors (Lipinski definition) is 2. The van der Waals surface area contributed by atoms with Crippen LogP contribution in [0.15, 0.2) is 24.3 Å². The maximum Gasteiger partial charge on any atom is 0.243 e. The monoisotopic (exact) mass is 289 g/mol. The van der Waals surface area contributed by atoms with Crippen molar-refractivity contribution >= 4 is 17.5 Å². The summed E-state index contributed by atoms with van der Waals surface area (Å²) in [4.78, 5) is 25.5. The van der Waals surface area contributed by atoms with Gasteiger partial charge in [-0.1, -0.05) is 17.7 Å². The average molecular weight is 289 g/mol. The molecule has 0 aliphatic carbocycles. The molecule has 2 amide bonds. The van der Waals surface area contributed by atoms with E-state index in [9.17, 15) is 9.59 Å². The third-order valence-corrected chi connectivity index (χ3v) is 3.73. The predicted molar refractivity (Wildman–Crippen MR) is 83.1 cm³/mol. The van der Waals surface area contributed by atoms with Crippen molar-refractivity contribution in [3.63, 3.8) is 0 Å². The molecule has 0 bridgehead atoms. The minimum absolute atomic E-state index is 0.00783. The number of likely N-dealkylation sites (N-methyl/N-ethyl adjacent to an activating group) is 1. The summed E-state index contributed by atoms with van der Waals surface area (Å²) in [6.07, 6.45) is 2.62. The number of carbonyl (C=O) groups excluding carboxylic acids is 2. The Morgan fingerprint density at radius 2 is 2.05 bits per heavy atom. The summed E-state index contributed by atoms with van der Waals surface area (Å²) in [5, 5.41) is 6.09. The van der Waals surface area contributed by atoms with E-state index in [1.165, 1.54) is 4.90 Å². The third-order valence-electron chi connectivity index (χ3n) is 3.73. The lowest BCUT2D eigenvalue weighted by atomic mass is 10.1. The van der Waals surface area contributed by atoms with Gasteiger partial charge in [-0.05, 0) is 38.4 Å². The number of hydrogen-bond acceptors (Lipinski definition) is 3. The van der Waals surface area contributed by atoms with Crippen LogP contribution in [0.1, 0.15) is 24.8 Å². The Bertz CT molecular complexity index is 493. The first kappa shape index (κ1) is 15.5. The number of nitrogens with one attached hydrogen (secondary N) is 2. The van der Waals surface area contributed by atoms with Crippen molar-refractivity contribution in [3.8, 4) is 0 Å². The maximum atomic E-state index is 12.0. The summed E-state index contributed by atoms with van der Waals surface area (Å²) in [5.41, 5.74) is 1.90. The molecule has 21 heavy (non-hydrogen) atoms. The smallest absolute Gasteiger partial charge is 0.243 e. The highest BCUT2D eigenvalue weighted by Crippen LogP contribution is 2.11. The molecule has 114 valence electrons. The highest BCUT2D eigenvalue weighted by molar-refractivity contribution is 5.94. The summed E-state index contributed by atoms with van der Waals surface area (Å²) in [6.45, 7) is 3.06. The van der Waals surface area contributed by atoms with E-state index < -0.39 is 0 Å². The molecule has 2 N–H and O–H groups in total. The predicted octanol–water partition coefficient (Wildman–Crippen LogP) is 1.53. The highest BCUT2D eigenvalue weighted by Gasteiger charge is 2.20. The van der Waals surface area contributed by atoms with E-state index in [-0.39, 0.29) is 24.4 Å². The van der Waals surface area contributed by atoms with Gasteiger partial charge in [0, 0.05) is 25.2 Å². The van der Waals surface area contributed by atoms with Crippen molar-refractivity contribution in [1.82, 2.24) is 10.2 Å². The second-order valence-corrected chi connectivity index (χ2v) is 5.66. The summed E-state index contributed by atoms with van der Waals surface area (Å²) in [7, 11) is 1.67. The molecule has 1 aliphatic rings. The van der Waals surface area contributed by atoms with Gasteiger partial charge < -0.3 is 15.5 Å². The molecule has 1 aromatic carbocycles. The van der Waals surface area contributed by atoms with Crippen LogP contribution in [0.5, 0.6) is 0 Å². The highest BCUT2D eigenvalue weighted by atomic mass is 16.2. The topological polar surface area (TPSA) is 61.4 Å². The van der Waals surface area contributed by atoms with E-state index in [1.807, 2.05) is 31.2 Å². The number of benzene rings is 1. The zero-order valence-corrected chi connectivity index (χ0v) is 12.7. The van der Waals surface area contributed by atoms with E-state index in [4.69, 9.17) is 0 Å². The molecule has 1 aromatic rings. The molecule has 5 heteroatoms. The molecule has 0 radical (unpaired) electrons. The second kappa shape index (κ2) is 7.22. The fourth-order valence-electron chi connectivity index (χ4n) is 2.44. The summed E-state index contributed by atoms with van der Waals surface area (Å²) in [6, 6.07) is 7.86. The minimum Gasteiger partial charge on any atom is -0.336 e. The first-order chi connectivity index (χ1) is 10.0. The van der Waals surface area contributed by atoms with Gasteiger partial charge in [-0.25, -0.2) is 0 Å². The molecule has 0 aromatic heterocycles. The van der Waals surface area contributed by atoms with Crippen LogP contribution in [0, 0.1) is 6.92 Å². The Kier molecular flexibility index (Phi) is 5.33. The van der Waals surface area contributed by atoms with Gasteiger partial charge in [0.15, 0.2) is 0 Å². The van der Waals surface area contributed by atoms with E-state index in [2.05, 4.69) is 10.6 Å². The molecule has 1 aliphatic heterocycles. The van der Waals surface area contributed by atoms with Crippen LogP contribution in [0.4, 0.5) is 5.69 Å². The van der Waals surface area contributed by atoms with E-state index in [0.717, 1.165) is 30.6 Å². The van der Waals surface area contributed by atoms with Crippen molar-refractivity contribution in [1.29, 1.82) is 0 Å². The fraction of sp³-hybridized carbons (Fsp3) is 0.500. The Balaban J connectivity index is 1.78. The quantitative estimate of drug-likeness (QED) is 0.864. The largest absolute Gasteiger partial charge is 0.336 e. The fourth-order valence-corrected chi connectivity index (χ4v) is 2.44. The van der Waals surface area contributed by atoms with Crippen LogP contribution in [0.25, 0.3) is 0 Å². The molecule has 0 spiro atoms. The SMILES string of the molecule is Cc1ccc(NC(=O)CN(C)C(=O)CC2CCCN2)cc1. The molecule has 1 atom stereocenters. The van der Waals surface area contributed by atoms with Crippen molar-refractivity contribution < 1.29 is 9.59 Å². The lowest BCUT2D eigenvalue weighted by molar-refractivity contribution is -0.133. The van der Waals surface area contributed by atoms with Gasteiger partial charge in [0.1, 0.15) is 0 Å². The molecule has 1 unspecified atom stereocenters. The Labute approximate surface area is 125 Å². The van der Waals surface area contributed by atoms with Crippen molar-refractivity contribution in [2.24, 2.45) is 0 Å². The first-order valence-electron chi connectivity index (χ1n) is 7.38. The summed E-state index contributed by atoms with van der Waals surface area (Å²) in [5.74, 6) is -0.164. The van der Waals surface area contributed by atoms with Crippen LogP contribution in [-0.4, -0.2) is 42.9 Å². The van der Waals surface area contributed by atoms with Crippen LogP contribution in [0.3, 0.4) is 0 Å². The van der Waals surface area contributed by atoms with E-state index in [0.29, 0.717) is 6.42 Å². The van der Waals surface area contributed by atoms with Crippen molar-refractivity contribution in [2.75, 3.05) is 25.5 Å². The zero-order chi connectivity index (χ0) is 15.2. The lowest BCUT2D eigenvalue weighted by Crippen LogP contribution is -2.38. The average Bonchev–Trinajstić information content (AvgIpc) is 2.94. The Morgan fingerprint density at radius 1 is 1.33 bits per heavy atom. The molecule has 1 saturated heterocycles. The van der Waals surface area contributed by atoms with Gasteiger partial charge in [0.2, 0.25) is 11.8 Å². The normalized spacial score (nSPS) is 17.5. The van der Waals surface area contributed by atoms with Gasteiger partial charge in [-0.3, -0.25) is 9.59 Å². The molecule has 1 fully saturated rings. The Morgan fingerprint density at radius 3 is 2.67 bits per heavy atom. The standard InChI is InChI=1S/C16H23N3O2/c1-12-5-7-13(8-6-12)18-15(20)11-19(2)16(21)10-14-4-3-9-17-14/h5-8,14,17H,3-4,9-11H2,1-2H3,(H,18,20). The first-order valence-corrected chi connectivity index (χ1v) is 7.38. The van der Waals surface area contributed by atoms with Gasteiger partial charge in [-0.15, -0.1) is 0 Å². The van der Waals surface area contributed by atoms with Crippen molar-refractivity contribution in [2.45, 2.75) is 32.2 Å². The molecule has 1 heterocycles. The molecule has 0 saturated carbocycles. The minimum atomic E-state index is -0.172. The van der Waals surface area contributed by atoms with Crippen LogP contribution in [-0.2, 0) is 9.59 Å². The maximum absolute atomic E-state index is 12.0. The number of anilines is 1. The number of aryl methyl sites for hydroxylation is 1. The number of amides is 2. The Hall–Kier alpha value is -1.88. The second-order valence-electron chi connectivity index (χ2n) is 5.66. The zero-order valence-electron chi connectivity index (χ0n) is 12.7. The molecular weight excluding hydrogens is 266 g/mol. The summed E-state index contributed by atoms with van der Waals surface area (Å²) >= 11 is 0. The van der Waals surface area contributed by atoms with E-state index >= 15 is 0 Å². The number of rotatable bonds is 5. The number of nitrogens with zero attached hydrogens (tertiary/aromatic N) is 1. The van der Waals surface area contributed by atoms with Crippen molar-refractivity contribution in [3.05, 3.63) is 29.8 Å². The van der Waals surface area contributed by atoms with Gasteiger partial charge in [0.25, 0.3) is 0 Å². The van der Waals surface area contributed by atoms with Gasteiger partial charge in [-0.2, -0.15) is 0 Å². The molecule has 5 nitrogen and oxygen atoms in total. The lowest BCUT2D eigenvalue weighted by Gasteiger charge is -2.19. The van der Waals surface area contributed by atoms with Crippen LogP contribution >= 0.6 is 0 Å².